The zero-order valence-corrected chi connectivity index (χ0v) is 17.2. The van der Waals surface area contributed by atoms with Crippen LogP contribution in [0, 0.1) is 13.8 Å². The number of benzene rings is 2. The highest BCUT2D eigenvalue weighted by molar-refractivity contribution is 6.31. The van der Waals surface area contributed by atoms with E-state index in [4.69, 9.17) is 16.7 Å². The molecule has 3 aromatic rings. The molecule has 2 aromatic carbocycles. The number of nitrogens with zero attached hydrogens (tertiary/aromatic N) is 3. The second-order valence-electron chi connectivity index (χ2n) is 7.03. The van der Waals surface area contributed by atoms with Crippen LogP contribution in [0.15, 0.2) is 54.6 Å². The molecule has 1 heterocycles. The molecule has 27 heavy (non-hydrogen) atoms. The Morgan fingerprint density at radius 3 is 2.37 bits per heavy atom. The molecule has 1 unspecified atom stereocenters. The minimum Gasteiger partial charge on any atom is -0.311 e. The molecule has 0 radical (unpaired) electrons. The van der Waals surface area contributed by atoms with Crippen LogP contribution in [0.4, 0.5) is 0 Å². The maximum absolute atomic E-state index is 6.41. The van der Waals surface area contributed by atoms with Gasteiger partial charge in [-0.25, -0.2) is 4.68 Å². The van der Waals surface area contributed by atoms with E-state index in [1.807, 2.05) is 41.1 Å². The minimum atomic E-state index is 0.212. The quantitative estimate of drug-likeness (QED) is 0.651. The number of hydrogen-bond acceptors (Lipinski definition) is 3. The van der Waals surface area contributed by atoms with E-state index in [1.54, 1.807) is 0 Å². The molecule has 0 aliphatic heterocycles. The monoisotopic (exact) mass is 382 g/mol. The lowest BCUT2D eigenvalue weighted by Crippen LogP contribution is -2.31. The van der Waals surface area contributed by atoms with Crippen molar-refractivity contribution in [2.24, 2.45) is 0 Å². The van der Waals surface area contributed by atoms with Crippen molar-refractivity contribution >= 4 is 11.6 Å². The zero-order valence-electron chi connectivity index (χ0n) is 16.4. The van der Waals surface area contributed by atoms with E-state index in [-0.39, 0.29) is 6.04 Å². The van der Waals surface area contributed by atoms with Crippen LogP contribution < -0.4 is 5.32 Å². The van der Waals surface area contributed by atoms with Gasteiger partial charge in [0, 0.05) is 35.4 Å². The van der Waals surface area contributed by atoms with Gasteiger partial charge in [-0.05, 0) is 51.7 Å². The molecule has 0 fully saturated rings. The van der Waals surface area contributed by atoms with Crippen LogP contribution >= 0.6 is 11.6 Å². The fourth-order valence-electron chi connectivity index (χ4n) is 3.40. The second kappa shape index (κ2) is 8.70. The molecule has 142 valence electrons. The number of halogens is 1. The molecule has 0 saturated heterocycles. The van der Waals surface area contributed by atoms with Crippen molar-refractivity contribution in [3.8, 4) is 5.69 Å². The average Bonchev–Trinajstić information content (AvgIpc) is 2.94. The molecule has 5 heteroatoms. The van der Waals surface area contributed by atoms with Crippen LogP contribution in [0.25, 0.3) is 5.69 Å². The Balaban J connectivity index is 1.73. The van der Waals surface area contributed by atoms with Crippen molar-refractivity contribution in [1.82, 2.24) is 20.0 Å². The van der Waals surface area contributed by atoms with E-state index in [0.29, 0.717) is 0 Å². The fourth-order valence-corrected chi connectivity index (χ4v) is 3.66. The maximum Gasteiger partial charge on any atom is 0.0648 e. The van der Waals surface area contributed by atoms with Gasteiger partial charge in [0.1, 0.15) is 0 Å². The summed E-state index contributed by atoms with van der Waals surface area (Å²) in [4.78, 5) is 2.20. The van der Waals surface area contributed by atoms with Gasteiger partial charge in [-0.2, -0.15) is 5.10 Å². The molecule has 1 N–H and O–H groups in total. The Labute approximate surface area is 166 Å². The third kappa shape index (κ3) is 4.41. The summed E-state index contributed by atoms with van der Waals surface area (Å²) >= 11 is 6.41. The van der Waals surface area contributed by atoms with Gasteiger partial charge in [-0.15, -0.1) is 0 Å². The normalized spacial score (nSPS) is 12.5. The molecule has 0 saturated carbocycles. The van der Waals surface area contributed by atoms with Crippen LogP contribution in [0.5, 0.6) is 0 Å². The molecular weight excluding hydrogens is 356 g/mol. The summed E-state index contributed by atoms with van der Waals surface area (Å²) in [6.07, 6.45) is 0. The predicted molar refractivity (Wildman–Crippen MR) is 113 cm³/mol. The van der Waals surface area contributed by atoms with Gasteiger partial charge in [-0.3, -0.25) is 0 Å². The molecule has 0 aliphatic rings. The fraction of sp³-hybridized carbons (Fsp3) is 0.318. The number of aromatic nitrogens is 2. The smallest absolute Gasteiger partial charge is 0.0648 e. The second-order valence-corrected chi connectivity index (χ2v) is 7.44. The van der Waals surface area contributed by atoms with Gasteiger partial charge in [0.15, 0.2) is 0 Å². The zero-order chi connectivity index (χ0) is 19.4. The Morgan fingerprint density at radius 1 is 1.04 bits per heavy atom. The highest BCUT2D eigenvalue weighted by Crippen LogP contribution is 2.25. The van der Waals surface area contributed by atoms with Gasteiger partial charge in [-0.1, -0.05) is 48.0 Å². The average molecular weight is 383 g/mol. The van der Waals surface area contributed by atoms with Crippen LogP contribution in [0.3, 0.4) is 0 Å². The molecular formula is C22H27ClN4. The summed E-state index contributed by atoms with van der Waals surface area (Å²) in [5.74, 6) is 0. The van der Waals surface area contributed by atoms with Gasteiger partial charge in [0.25, 0.3) is 0 Å². The van der Waals surface area contributed by atoms with Crippen molar-refractivity contribution in [2.75, 3.05) is 20.6 Å². The van der Waals surface area contributed by atoms with Crippen molar-refractivity contribution in [1.29, 1.82) is 0 Å². The maximum atomic E-state index is 6.41. The molecule has 0 aliphatic carbocycles. The first-order valence-electron chi connectivity index (χ1n) is 9.21. The number of nitrogens with one attached hydrogen (secondary N) is 1. The van der Waals surface area contributed by atoms with Crippen LogP contribution in [0.2, 0.25) is 5.02 Å². The van der Waals surface area contributed by atoms with Crippen molar-refractivity contribution < 1.29 is 0 Å². The first kappa shape index (κ1) is 19.6. The van der Waals surface area contributed by atoms with Crippen molar-refractivity contribution in [3.63, 3.8) is 0 Å². The summed E-state index contributed by atoms with van der Waals surface area (Å²) in [5.41, 5.74) is 5.71. The number of para-hydroxylation sites is 1. The van der Waals surface area contributed by atoms with Crippen molar-refractivity contribution in [3.05, 3.63) is 82.1 Å². The number of likely N-dealkylation sites (N-methyl/N-ethyl adjacent to an activating group) is 1. The summed E-state index contributed by atoms with van der Waals surface area (Å²) < 4.78 is 2.02. The van der Waals surface area contributed by atoms with Gasteiger partial charge >= 0.3 is 0 Å². The highest BCUT2D eigenvalue weighted by Gasteiger charge is 2.18. The lowest BCUT2D eigenvalue weighted by molar-refractivity contribution is 0.288. The molecule has 1 aromatic heterocycles. The number of rotatable bonds is 7. The highest BCUT2D eigenvalue weighted by atomic mass is 35.5. The van der Waals surface area contributed by atoms with Crippen molar-refractivity contribution in [2.45, 2.75) is 26.4 Å². The number of aryl methyl sites for hydroxylation is 1. The Hall–Kier alpha value is -2.14. The third-order valence-corrected chi connectivity index (χ3v) is 5.31. The summed E-state index contributed by atoms with van der Waals surface area (Å²) in [6.45, 7) is 5.79. The Morgan fingerprint density at radius 2 is 1.70 bits per heavy atom. The van der Waals surface area contributed by atoms with E-state index >= 15 is 0 Å². The standard InChI is InChI=1S/C22H27ClN4/c1-16-20(17(2)27(25-16)18-10-6-5-7-11-18)14-24-15-22(26(3)4)19-12-8-9-13-21(19)23/h5-13,22,24H,14-15H2,1-4H3. The molecule has 0 amide bonds. The molecule has 0 bridgehead atoms. The number of hydrogen-bond donors (Lipinski definition) is 1. The van der Waals surface area contributed by atoms with Gasteiger partial charge in [0.2, 0.25) is 0 Å². The molecule has 1 atom stereocenters. The lowest BCUT2D eigenvalue weighted by atomic mass is 10.1. The van der Waals surface area contributed by atoms with Crippen LogP contribution in [-0.2, 0) is 6.54 Å². The lowest BCUT2D eigenvalue weighted by Gasteiger charge is -2.26. The first-order chi connectivity index (χ1) is 13.0. The van der Waals surface area contributed by atoms with Gasteiger partial charge in [0.05, 0.1) is 11.4 Å². The SMILES string of the molecule is Cc1nn(-c2ccccc2)c(C)c1CNCC(c1ccccc1Cl)N(C)C. The van der Waals surface area contributed by atoms with Gasteiger partial charge < -0.3 is 10.2 Å². The summed E-state index contributed by atoms with van der Waals surface area (Å²) in [7, 11) is 4.17. The van der Waals surface area contributed by atoms with E-state index in [0.717, 1.165) is 35.1 Å². The topological polar surface area (TPSA) is 33.1 Å². The first-order valence-corrected chi connectivity index (χ1v) is 9.59. The van der Waals surface area contributed by atoms with Crippen LogP contribution in [0.1, 0.15) is 28.6 Å². The molecule has 0 spiro atoms. The predicted octanol–water partition coefficient (Wildman–Crippen LogP) is 4.54. The Bertz CT molecular complexity index is 887. The van der Waals surface area contributed by atoms with E-state index in [1.165, 1.54) is 11.3 Å². The van der Waals surface area contributed by atoms with E-state index in [2.05, 4.69) is 56.4 Å². The molecule has 4 nitrogen and oxygen atoms in total. The van der Waals surface area contributed by atoms with E-state index < -0.39 is 0 Å². The molecule has 3 rings (SSSR count). The minimum absolute atomic E-state index is 0.212. The van der Waals surface area contributed by atoms with E-state index in [9.17, 15) is 0 Å². The summed E-state index contributed by atoms with van der Waals surface area (Å²) in [5, 5.41) is 9.14. The van der Waals surface area contributed by atoms with Crippen LogP contribution in [-0.4, -0.2) is 35.3 Å². The Kier molecular flexibility index (Phi) is 6.32. The third-order valence-electron chi connectivity index (χ3n) is 4.97. The summed E-state index contributed by atoms with van der Waals surface area (Å²) in [6, 6.07) is 18.5. The largest absolute Gasteiger partial charge is 0.311 e.